The number of rotatable bonds is 7. The summed E-state index contributed by atoms with van der Waals surface area (Å²) < 4.78 is 0. The van der Waals surface area contributed by atoms with Crippen LogP contribution in [0.5, 0.6) is 0 Å². The predicted octanol–water partition coefficient (Wildman–Crippen LogP) is 0.00840. The van der Waals surface area contributed by atoms with Gasteiger partial charge in [0.25, 0.3) is 0 Å². The molecule has 1 aliphatic heterocycles. The van der Waals surface area contributed by atoms with Crippen LogP contribution in [0.3, 0.4) is 0 Å². The number of nitrogens with one attached hydrogen (secondary N) is 1. The number of likely N-dealkylation sites (tertiary alicyclic amines) is 1. The monoisotopic (exact) mass is 280 g/mol. The van der Waals surface area contributed by atoms with Gasteiger partial charge in [-0.15, -0.1) is 0 Å². The third kappa shape index (κ3) is 2.85. The first-order valence-electron chi connectivity index (χ1n) is 7.97. The molecule has 2 saturated carbocycles. The average Bonchev–Trinajstić information content (AvgIpc) is 3.28. The molecule has 2 aliphatic carbocycles. The summed E-state index contributed by atoms with van der Waals surface area (Å²) >= 11 is 0. The highest BCUT2D eigenvalue weighted by molar-refractivity contribution is 5.86. The zero-order chi connectivity index (χ0) is 14.3. The summed E-state index contributed by atoms with van der Waals surface area (Å²) in [7, 11) is 4.28. The zero-order valence-corrected chi connectivity index (χ0v) is 12.8. The molecule has 114 valence electrons. The number of hydrogen-bond acceptors (Lipinski definition) is 4. The minimum absolute atomic E-state index is 0.139. The van der Waals surface area contributed by atoms with Gasteiger partial charge in [-0.25, -0.2) is 0 Å². The third-order valence-electron chi connectivity index (χ3n) is 5.20. The molecule has 20 heavy (non-hydrogen) atoms. The lowest BCUT2D eigenvalue weighted by Crippen LogP contribution is -2.63. The van der Waals surface area contributed by atoms with E-state index in [1.165, 1.54) is 19.3 Å². The van der Waals surface area contributed by atoms with E-state index in [2.05, 4.69) is 29.2 Å². The van der Waals surface area contributed by atoms with Gasteiger partial charge in [0, 0.05) is 25.2 Å². The molecular formula is C15H28N4O. The molecular weight excluding hydrogens is 252 g/mol. The Labute approximate surface area is 121 Å². The molecule has 3 aliphatic rings. The lowest BCUT2D eigenvalue weighted by Gasteiger charge is -2.36. The maximum atomic E-state index is 12.2. The van der Waals surface area contributed by atoms with Crippen LogP contribution in [0.1, 0.15) is 32.1 Å². The predicted molar refractivity (Wildman–Crippen MR) is 79.3 cm³/mol. The molecule has 0 aromatic rings. The van der Waals surface area contributed by atoms with Gasteiger partial charge in [0.05, 0.1) is 0 Å². The van der Waals surface area contributed by atoms with Gasteiger partial charge in [-0.2, -0.15) is 0 Å². The van der Waals surface area contributed by atoms with Crippen LogP contribution in [0.2, 0.25) is 0 Å². The van der Waals surface area contributed by atoms with Gasteiger partial charge < -0.3 is 10.6 Å². The maximum Gasteiger partial charge on any atom is 0.239 e. The lowest BCUT2D eigenvalue weighted by atomic mass is 9.91. The van der Waals surface area contributed by atoms with E-state index >= 15 is 0 Å². The molecule has 0 aromatic carbocycles. The fourth-order valence-corrected chi connectivity index (χ4v) is 3.54. The van der Waals surface area contributed by atoms with Gasteiger partial charge in [-0.3, -0.25) is 15.0 Å². The van der Waals surface area contributed by atoms with Crippen LogP contribution in [0.25, 0.3) is 0 Å². The third-order valence-corrected chi connectivity index (χ3v) is 5.20. The van der Waals surface area contributed by atoms with Gasteiger partial charge in [-0.1, -0.05) is 0 Å². The molecule has 0 radical (unpaired) electrons. The van der Waals surface area contributed by atoms with Crippen molar-refractivity contribution in [2.45, 2.75) is 49.7 Å². The Balaban J connectivity index is 1.68. The lowest BCUT2D eigenvalue weighted by molar-refractivity contribution is -0.126. The summed E-state index contributed by atoms with van der Waals surface area (Å²) in [6, 6.07) is 1.14. The number of primary amides is 1. The van der Waals surface area contributed by atoms with E-state index in [4.69, 9.17) is 5.73 Å². The van der Waals surface area contributed by atoms with Crippen LogP contribution in [0, 0.1) is 5.92 Å². The van der Waals surface area contributed by atoms with Crippen molar-refractivity contribution >= 4 is 5.91 Å². The average molecular weight is 280 g/mol. The van der Waals surface area contributed by atoms with Crippen LogP contribution in [-0.2, 0) is 4.79 Å². The fraction of sp³-hybridized carbons (Fsp3) is 0.933. The fourth-order valence-electron chi connectivity index (χ4n) is 3.54. The number of nitrogens with two attached hydrogens (primary N) is 1. The number of carbonyl (C=O) groups excluding carboxylic acids is 1. The molecule has 2 atom stereocenters. The molecule has 3 fully saturated rings. The molecule has 5 heteroatoms. The summed E-state index contributed by atoms with van der Waals surface area (Å²) in [4.78, 5) is 16.9. The highest BCUT2D eigenvalue weighted by Gasteiger charge is 2.53. The standard InChI is InChI=1S/C15H28N4O/c1-18(2)13-7-8-19(9-13)10-15(14(16)20,11-3-4-11)17-12-5-6-12/h11-13,17H,3-10H2,1-2H3,(H2,16,20). The van der Waals surface area contributed by atoms with Crippen LogP contribution < -0.4 is 11.1 Å². The largest absolute Gasteiger partial charge is 0.368 e. The second-order valence-electron chi connectivity index (χ2n) is 7.17. The second-order valence-corrected chi connectivity index (χ2v) is 7.17. The van der Waals surface area contributed by atoms with Gasteiger partial charge in [0.1, 0.15) is 5.54 Å². The van der Waals surface area contributed by atoms with E-state index < -0.39 is 5.54 Å². The molecule has 3 N–H and O–H groups in total. The zero-order valence-electron chi connectivity index (χ0n) is 12.8. The first-order chi connectivity index (χ1) is 9.51. The van der Waals surface area contributed by atoms with Crippen molar-refractivity contribution in [3.63, 3.8) is 0 Å². The van der Waals surface area contributed by atoms with Gasteiger partial charge in [0.2, 0.25) is 5.91 Å². The number of carbonyl (C=O) groups is 1. The topological polar surface area (TPSA) is 61.6 Å². The van der Waals surface area contributed by atoms with Crippen LogP contribution in [0.4, 0.5) is 0 Å². The summed E-state index contributed by atoms with van der Waals surface area (Å²) in [5.41, 5.74) is 5.35. The summed E-state index contributed by atoms with van der Waals surface area (Å²) in [5.74, 6) is 0.319. The molecule has 3 rings (SSSR count). The Kier molecular flexibility index (Phi) is 3.77. The van der Waals surface area contributed by atoms with Gasteiger partial charge in [-0.05, 0) is 58.7 Å². The number of amides is 1. The van der Waals surface area contributed by atoms with Crippen LogP contribution >= 0.6 is 0 Å². The summed E-state index contributed by atoms with van der Waals surface area (Å²) in [6.07, 6.45) is 5.88. The van der Waals surface area contributed by atoms with Crippen molar-refractivity contribution in [3.8, 4) is 0 Å². The smallest absolute Gasteiger partial charge is 0.239 e. The number of hydrogen-bond donors (Lipinski definition) is 2. The SMILES string of the molecule is CN(C)C1CCN(CC(NC2CC2)(C(N)=O)C2CC2)C1. The Bertz CT molecular complexity index is 378. The van der Waals surface area contributed by atoms with Crippen molar-refractivity contribution in [1.29, 1.82) is 0 Å². The summed E-state index contributed by atoms with van der Waals surface area (Å²) in [6.45, 7) is 2.94. The molecule has 1 saturated heterocycles. The molecule has 1 amide bonds. The van der Waals surface area contributed by atoms with E-state index in [9.17, 15) is 4.79 Å². The first kappa shape index (κ1) is 14.3. The minimum Gasteiger partial charge on any atom is -0.368 e. The minimum atomic E-state index is -0.470. The van der Waals surface area contributed by atoms with E-state index in [0.717, 1.165) is 32.5 Å². The quantitative estimate of drug-likeness (QED) is 0.689. The number of nitrogens with zero attached hydrogens (tertiary/aromatic N) is 2. The Morgan fingerprint density at radius 3 is 2.45 bits per heavy atom. The Hall–Kier alpha value is -0.650. The molecule has 0 aromatic heterocycles. The van der Waals surface area contributed by atoms with Gasteiger partial charge in [0.15, 0.2) is 0 Å². The van der Waals surface area contributed by atoms with E-state index in [1.54, 1.807) is 0 Å². The Morgan fingerprint density at radius 1 is 1.30 bits per heavy atom. The van der Waals surface area contributed by atoms with Gasteiger partial charge >= 0.3 is 0 Å². The van der Waals surface area contributed by atoms with Crippen molar-refractivity contribution in [2.24, 2.45) is 11.7 Å². The molecule has 5 nitrogen and oxygen atoms in total. The van der Waals surface area contributed by atoms with Crippen molar-refractivity contribution in [2.75, 3.05) is 33.7 Å². The van der Waals surface area contributed by atoms with Crippen molar-refractivity contribution < 1.29 is 4.79 Å². The molecule has 1 heterocycles. The van der Waals surface area contributed by atoms with E-state index in [1.807, 2.05) is 0 Å². The molecule has 0 spiro atoms. The molecule has 0 bridgehead atoms. The maximum absolute atomic E-state index is 12.2. The Morgan fingerprint density at radius 2 is 2.00 bits per heavy atom. The number of likely N-dealkylation sites (N-methyl/N-ethyl adjacent to an activating group) is 1. The van der Waals surface area contributed by atoms with E-state index in [-0.39, 0.29) is 5.91 Å². The van der Waals surface area contributed by atoms with Crippen molar-refractivity contribution in [1.82, 2.24) is 15.1 Å². The van der Waals surface area contributed by atoms with Crippen LogP contribution in [-0.4, -0.2) is 67.1 Å². The second kappa shape index (κ2) is 5.28. The van der Waals surface area contributed by atoms with Crippen LogP contribution in [0.15, 0.2) is 0 Å². The van der Waals surface area contributed by atoms with Crippen molar-refractivity contribution in [3.05, 3.63) is 0 Å². The molecule has 2 unspecified atom stereocenters. The summed E-state index contributed by atoms with van der Waals surface area (Å²) in [5, 5.41) is 3.61. The first-order valence-corrected chi connectivity index (χ1v) is 7.97. The highest BCUT2D eigenvalue weighted by Crippen LogP contribution is 2.42. The highest BCUT2D eigenvalue weighted by atomic mass is 16.1. The normalized spacial score (nSPS) is 30.6. The van der Waals surface area contributed by atoms with E-state index in [0.29, 0.717) is 18.0 Å².